The molecule has 5 aromatic heterocycles. The van der Waals surface area contributed by atoms with Crippen LogP contribution in [-0.4, -0.2) is 83.1 Å². The normalized spacial score (nSPS) is 13.1. The number of aromatic amines is 2. The zero-order valence-corrected chi connectivity index (χ0v) is 54.7. The molecule has 0 radical (unpaired) electrons. The molecule has 8 bridgehead atoms. The molecule has 10 aromatic rings. The van der Waals surface area contributed by atoms with Gasteiger partial charge < -0.3 is 44.3 Å². The standard InChI is InChI=1S/C76H64Cl2FN9O9/c1-43(70-58(77)20-21-59(79)75(70)78)94-68-39-51(40-81-76(68)80)52-41-82-88(42-52)53-30-32-87(33-31-53)69(92)19-5-6-34-93-54-15-7-11-47(35-54)71-60-22-24-62(83-60)72(48-12-8-16-55(36-48)95-44(2)89)64-26-28-66(85-64)74(50-14-10-18-57(38-50)97-46(4)91)67-29-27-65(86-67)73(63-25-23-61(71)84-63)49-13-9-17-56(37-49)96-45(3)90/h7-18,20-29,35-43,53,83,86H,5-6,19,30-34H2,1-4H3,(H2,80,81)/t43-/m0/s1. The molecule has 0 spiro atoms. The van der Waals surface area contributed by atoms with Crippen molar-refractivity contribution < 1.29 is 47.3 Å². The lowest BCUT2D eigenvalue weighted by Gasteiger charge is -2.32. The van der Waals surface area contributed by atoms with Gasteiger partial charge in [-0.3, -0.25) is 23.9 Å². The fraction of sp³-hybridized carbons (Fsp3) is 0.184. The van der Waals surface area contributed by atoms with Gasteiger partial charge in [0.15, 0.2) is 11.6 Å². The highest BCUT2D eigenvalue weighted by Crippen LogP contribution is 2.42. The van der Waals surface area contributed by atoms with Crippen LogP contribution in [0.4, 0.5) is 10.2 Å². The first-order valence-corrected chi connectivity index (χ1v) is 32.4. The lowest BCUT2D eigenvalue weighted by Crippen LogP contribution is -2.39. The molecule has 97 heavy (non-hydrogen) atoms. The number of H-pyrrole nitrogens is 2. The molecule has 3 aliphatic heterocycles. The van der Waals surface area contributed by atoms with E-state index in [0.29, 0.717) is 129 Å². The number of nitrogens with one attached hydrogen (secondary N) is 2. The number of likely N-dealkylation sites (tertiary alicyclic amines) is 1. The number of pyridine rings is 1. The van der Waals surface area contributed by atoms with Crippen molar-refractivity contribution in [1.29, 1.82) is 0 Å². The van der Waals surface area contributed by atoms with Gasteiger partial charge in [0, 0.05) is 119 Å². The van der Waals surface area contributed by atoms with E-state index in [1.54, 1.807) is 49.6 Å². The smallest absolute Gasteiger partial charge is 0.308 e. The quantitative estimate of drug-likeness (QED) is 0.0314. The summed E-state index contributed by atoms with van der Waals surface area (Å²) in [5.41, 5.74) is 19.2. The van der Waals surface area contributed by atoms with Gasteiger partial charge in [-0.2, -0.15) is 5.10 Å². The summed E-state index contributed by atoms with van der Waals surface area (Å²) in [6.45, 7) is 7.33. The number of unbranched alkanes of at least 4 members (excludes halogenated alkanes) is 1. The Morgan fingerprint density at radius 3 is 1.53 bits per heavy atom. The molecular formula is C76H64Cl2FN9O9. The highest BCUT2D eigenvalue weighted by Gasteiger charge is 2.27. The molecule has 0 aliphatic carbocycles. The number of carbonyl (C=O) groups excluding carboxylic acids is 4. The summed E-state index contributed by atoms with van der Waals surface area (Å²) in [4.78, 5) is 75.2. The summed E-state index contributed by atoms with van der Waals surface area (Å²) in [7, 11) is 0. The number of ether oxygens (including phenoxy) is 5. The second kappa shape index (κ2) is 28.0. The number of aromatic nitrogens is 7. The number of rotatable bonds is 18. The fourth-order valence-electron chi connectivity index (χ4n) is 12.5. The Bertz CT molecular complexity index is 4950. The lowest BCUT2D eigenvalue weighted by atomic mass is 10.0. The molecule has 1 fully saturated rings. The average molecular weight is 1340 g/mol. The van der Waals surface area contributed by atoms with E-state index < -0.39 is 29.8 Å². The van der Waals surface area contributed by atoms with Crippen LogP contribution in [0, 0.1) is 5.82 Å². The maximum absolute atomic E-state index is 14.3. The van der Waals surface area contributed by atoms with Crippen molar-refractivity contribution in [3.8, 4) is 84.4 Å². The summed E-state index contributed by atoms with van der Waals surface area (Å²) >= 11 is 12.6. The molecule has 1 atom stereocenters. The Kier molecular flexibility index (Phi) is 18.7. The predicted molar refractivity (Wildman–Crippen MR) is 374 cm³/mol. The molecular weight excluding hydrogens is 1270 g/mol. The number of esters is 3. The Labute approximate surface area is 567 Å². The second-order valence-electron chi connectivity index (χ2n) is 23.6. The predicted octanol–water partition coefficient (Wildman–Crippen LogP) is 16.9. The van der Waals surface area contributed by atoms with E-state index >= 15 is 0 Å². The summed E-state index contributed by atoms with van der Waals surface area (Å²) in [6.07, 6.45) is 15.5. The van der Waals surface area contributed by atoms with Crippen molar-refractivity contribution in [3.05, 3.63) is 202 Å². The van der Waals surface area contributed by atoms with Gasteiger partial charge in [0.25, 0.3) is 0 Å². The minimum atomic E-state index is -0.731. The van der Waals surface area contributed by atoms with E-state index in [-0.39, 0.29) is 33.6 Å². The number of nitrogen functional groups attached to an aromatic ring is 1. The fourth-order valence-corrected chi connectivity index (χ4v) is 13.1. The van der Waals surface area contributed by atoms with E-state index in [0.717, 1.165) is 51.7 Å². The van der Waals surface area contributed by atoms with Crippen LogP contribution in [0.1, 0.15) is 100 Å². The zero-order chi connectivity index (χ0) is 67.4. The van der Waals surface area contributed by atoms with E-state index in [2.05, 4.69) is 15.0 Å². The van der Waals surface area contributed by atoms with Crippen LogP contribution in [0.25, 0.3) is 102 Å². The molecule has 488 valence electrons. The van der Waals surface area contributed by atoms with Gasteiger partial charge in [-0.25, -0.2) is 19.3 Å². The Balaban J connectivity index is 0.770. The summed E-state index contributed by atoms with van der Waals surface area (Å²) in [6, 6.07) is 42.1. The van der Waals surface area contributed by atoms with E-state index in [9.17, 15) is 23.6 Å². The van der Waals surface area contributed by atoms with E-state index in [1.165, 1.54) is 32.9 Å². The monoisotopic (exact) mass is 1340 g/mol. The number of amides is 1. The van der Waals surface area contributed by atoms with Crippen molar-refractivity contribution >= 4 is 99.2 Å². The number of nitrogens with zero attached hydrogens (tertiary/aromatic N) is 6. The van der Waals surface area contributed by atoms with Crippen LogP contribution in [0.5, 0.6) is 28.7 Å². The van der Waals surface area contributed by atoms with Gasteiger partial charge in [-0.1, -0.05) is 71.7 Å². The molecule has 3 aliphatic rings. The number of hydrogen-bond acceptors (Lipinski definition) is 14. The summed E-state index contributed by atoms with van der Waals surface area (Å²) < 4.78 is 45.7. The van der Waals surface area contributed by atoms with E-state index in [4.69, 9.17) is 67.7 Å². The number of fused-ring (bicyclic) bond motifs is 8. The maximum atomic E-state index is 14.3. The molecule has 5 aromatic carbocycles. The minimum Gasteiger partial charge on any atom is -0.494 e. The van der Waals surface area contributed by atoms with Gasteiger partial charge in [0.2, 0.25) is 5.91 Å². The van der Waals surface area contributed by atoms with Crippen molar-refractivity contribution in [2.24, 2.45) is 0 Å². The molecule has 0 unspecified atom stereocenters. The Hall–Kier alpha value is -11.2. The first-order chi connectivity index (χ1) is 47.0. The first-order valence-electron chi connectivity index (χ1n) is 31.6. The summed E-state index contributed by atoms with van der Waals surface area (Å²) in [5, 5.41) is 4.83. The first kappa shape index (κ1) is 64.6. The molecule has 1 amide bonds. The van der Waals surface area contributed by atoms with Gasteiger partial charge >= 0.3 is 17.9 Å². The van der Waals surface area contributed by atoms with Crippen molar-refractivity contribution in [2.45, 2.75) is 71.9 Å². The van der Waals surface area contributed by atoms with Gasteiger partial charge in [-0.05, 0) is 170 Å². The van der Waals surface area contributed by atoms with Crippen molar-refractivity contribution in [1.82, 2.24) is 39.6 Å². The highest BCUT2D eigenvalue weighted by atomic mass is 35.5. The molecule has 8 heterocycles. The van der Waals surface area contributed by atoms with Crippen molar-refractivity contribution in [2.75, 3.05) is 25.4 Å². The lowest BCUT2D eigenvalue weighted by molar-refractivity contribution is -0.133. The SMILES string of the molecule is CC(=O)Oc1cccc(-c2c3nc(c(-c4cccc(OC(C)=O)c4)c4ccc([nH]4)c(-c4cccc(OC(C)=O)c4)c4nc(c(-c5cccc(OCCCCC(=O)N6CCC(n7cc(-c8cnc(N)c(O[C@@H](C)c9c(Cl)ccc(F)c9Cl)c8)cn7)CC6)c5)c5ccc2[nH]5)C=C4)C=C3)c1. The number of halogens is 3. The molecule has 4 N–H and O–H groups in total. The molecule has 13 rings (SSSR count). The largest absolute Gasteiger partial charge is 0.494 e. The van der Waals surface area contributed by atoms with Crippen LogP contribution in [0.15, 0.2) is 158 Å². The molecule has 1 saturated heterocycles. The van der Waals surface area contributed by atoms with Crippen molar-refractivity contribution in [3.63, 3.8) is 0 Å². The molecule has 18 nitrogen and oxygen atoms in total. The number of nitrogens with two attached hydrogens (primary N) is 1. The van der Waals surface area contributed by atoms with Gasteiger partial charge in [0.1, 0.15) is 34.9 Å². The number of hydrogen-bond donors (Lipinski definition) is 3. The van der Waals surface area contributed by atoms with Crippen LogP contribution < -0.4 is 29.4 Å². The highest BCUT2D eigenvalue weighted by molar-refractivity contribution is 6.36. The third-order valence-electron chi connectivity index (χ3n) is 16.9. The average Bonchev–Trinajstić information content (AvgIpc) is 1.63. The van der Waals surface area contributed by atoms with Crippen LogP contribution in [0.2, 0.25) is 10.0 Å². The minimum absolute atomic E-state index is 0.0762. The molecule has 0 saturated carbocycles. The second-order valence-corrected chi connectivity index (χ2v) is 24.4. The molecule has 21 heteroatoms. The number of piperidine rings is 1. The topological polar surface area (TPSA) is 232 Å². The number of carbonyl (C=O) groups is 4. The number of benzene rings is 5. The van der Waals surface area contributed by atoms with Crippen LogP contribution >= 0.6 is 23.2 Å². The Morgan fingerprint density at radius 1 is 0.588 bits per heavy atom. The van der Waals surface area contributed by atoms with Gasteiger partial charge in [0.05, 0.1) is 46.6 Å². The van der Waals surface area contributed by atoms with Crippen LogP contribution in [0.3, 0.4) is 0 Å². The zero-order valence-electron chi connectivity index (χ0n) is 53.2. The van der Waals surface area contributed by atoms with E-state index in [1.807, 2.05) is 137 Å². The third-order valence-corrected chi connectivity index (χ3v) is 17.6. The number of anilines is 1. The van der Waals surface area contributed by atoms with Crippen LogP contribution in [-0.2, 0) is 19.2 Å². The third kappa shape index (κ3) is 14.3. The Morgan fingerprint density at radius 2 is 1.05 bits per heavy atom. The van der Waals surface area contributed by atoms with Gasteiger partial charge in [-0.15, -0.1) is 0 Å². The summed E-state index contributed by atoms with van der Waals surface area (Å²) in [5.74, 6) is 0.236. The maximum Gasteiger partial charge on any atom is 0.308 e.